The van der Waals surface area contributed by atoms with Crippen molar-refractivity contribution in [3.05, 3.63) is 53.1 Å². The number of ether oxygens (including phenoxy) is 1. The molecule has 0 atom stereocenters. The highest BCUT2D eigenvalue weighted by Gasteiger charge is 2.19. The Hall–Kier alpha value is -1.80. The van der Waals surface area contributed by atoms with E-state index in [4.69, 9.17) is 16.3 Å². The second-order valence-corrected chi connectivity index (χ2v) is 9.04. The first-order chi connectivity index (χ1) is 13.4. The van der Waals surface area contributed by atoms with Crippen LogP contribution in [0.25, 0.3) is 0 Å². The number of methoxy groups -OCH3 is 1. The number of benzene rings is 2. The molecule has 152 valence electrons. The van der Waals surface area contributed by atoms with Crippen molar-refractivity contribution in [1.82, 2.24) is 9.62 Å². The summed E-state index contributed by atoms with van der Waals surface area (Å²) in [5.41, 5.74) is 1.96. The van der Waals surface area contributed by atoms with Crippen molar-refractivity contribution in [2.75, 3.05) is 51.3 Å². The molecule has 0 unspecified atom stereocenters. The average Bonchev–Trinajstić information content (AvgIpc) is 2.69. The maximum Gasteiger partial charge on any atom is 0.240 e. The third-order valence-electron chi connectivity index (χ3n) is 4.96. The van der Waals surface area contributed by atoms with E-state index in [0.29, 0.717) is 18.8 Å². The molecule has 8 heteroatoms. The van der Waals surface area contributed by atoms with Gasteiger partial charge in [-0.05, 0) is 55.0 Å². The number of piperazine rings is 1. The van der Waals surface area contributed by atoms with Crippen LogP contribution in [0.15, 0.2) is 47.4 Å². The Morgan fingerprint density at radius 1 is 1.07 bits per heavy atom. The summed E-state index contributed by atoms with van der Waals surface area (Å²) in [5.74, 6) is 0.678. The third-order valence-corrected chi connectivity index (χ3v) is 6.67. The van der Waals surface area contributed by atoms with Gasteiger partial charge in [0.15, 0.2) is 0 Å². The third kappa shape index (κ3) is 5.17. The number of hydrogen-bond donors (Lipinski definition) is 1. The summed E-state index contributed by atoms with van der Waals surface area (Å²) in [6.45, 7) is 6.51. The lowest BCUT2D eigenvalue weighted by Crippen LogP contribution is -2.48. The summed E-state index contributed by atoms with van der Waals surface area (Å²) in [6, 6.07) is 12.7. The van der Waals surface area contributed by atoms with Gasteiger partial charge in [-0.1, -0.05) is 11.6 Å². The molecular weight excluding hydrogens is 398 g/mol. The lowest BCUT2D eigenvalue weighted by molar-refractivity contribution is 0.262. The van der Waals surface area contributed by atoms with Crippen LogP contribution in [0.3, 0.4) is 0 Å². The molecule has 0 saturated carbocycles. The van der Waals surface area contributed by atoms with Crippen molar-refractivity contribution < 1.29 is 13.2 Å². The fourth-order valence-electron chi connectivity index (χ4n) is 3.32. The number of sulfonamides is 1. The Balaban J connectivity index is 1.47. The second-order valence-electron chi connectivity index (χ2n) is 6.83. The van der Waals surface area contributed by atoms with Gasteiger partial charge in [0, 0.05) is 50.0 Å². The number of hydrogen-bond acceptors (Lipinski definition) is 5. The quantitative estimate of drug-likeness (QED) is 0.742. The maximum absolute atomic E-state index is 12.5. The van der Waals surface area contributed by atoms with Gasteiger partial charge in [-0.2, -0.15) is 0 Å². The molecule has 2 aromatic carbocycles. The van der Waals surface area contributed by atoms with E-state index in [2.05, 4.69) is 14.5 Å². The van der Waals surface area contributed by atoms with E-state index in [1.54, 1.807) is 25.3 Å². The average molecular weight is 424 g/mol. The molecule has 28 heavy (non-hydrogen) atoms. The highest BCUT2D eigenvalue weighted by Crippen LogP contribution is 2.21. The Bertz CT molecular complexity index is 895. The second kappa shape index (κ2) is 9.13. The van der Waals surface area contributed by atoms with Crippen LogP contribution in [0.1, 0.15) is 5.56 Å². The zero-order valence-electron chi connectivity index (χ0n) is 16.2. The molecule has 0 spiro atoms. The fraction of sp³-hybridized carbons (Fsp3) is 0.400. The van der Waals surface area contributed by atoms with Crippen LogP contribution in [0.5, 0.6) is 5.75 Å². The van der Waals surface area contributed by atoms with Gasteiger partial charge >= 0.3 is 0 Å². The van der Waals surface area contributed by atoms with E-state index in [-0.39, 0.29) is 4.90 Å². The SMILES string of the molecule is COc1ccc(S(=O)(=O)NCCN2CCN(c3ccc(Cl)cc3)CC2)cc1C. The minimum atomic E-state index is -3.52. The molecule has 0 aromatic heterocycles. The monoisotopic (exact) mass is 423 g/mol. The first kappa shape index (κ1) is 20.9. The number of aryl methyl sites for hydroxylation is 1. The molecule has 0 amide bonds. The molecule has 0 radical (unpaired) electrons. The minimum Gasteiger partial charge on any atom is -0.496 e. The van der Waals surface area contributed by atoms with E-state index in [1.807, 2.05) is 31.2 Å². The van der Waals surface area contributed by atoms with Gasteiger partial charge in [0.1, 0.15) is 5.75 Å². The first-order valence-corrected chi connectivity index (χ1v) is 11.1. The predicted octanol–water partition coefficient (Wildman–Crippen LogP) is 2.76. The number of anilines is 1. The van der Waals surface area contributed by atoms with Crippen LogP contribution < -0.4 is 14.4 Å². The normalized spacial score (nSPS) is 15.6. The lowest BCUT2D eigenvalue weighted by Gasteiger charge is -2.36. The van der Waals surface area contributed by atoms with Crippen molar-refractivity contribution in [3.8, 4) is 5.75 Å². The van der Waals surface area contributed by atoms with Gasteiger partial charge in [-0.15, -0.1) is 0 Å². The van der Waals surface area contributed by atoms with Gasteiger partial charge in [-0.25, -0.2) is 13.1 Å². The molecular formula is C20H26ClN3O3S. The number of halogens is 1. The largest absolute Gasteiger partial charge is 0.496 e. The van der Waals surface area contributed by atoms with Crippen LogP contribution in [0.2, 0.25) is 5.02 Å². The van der Waals surface area contributed by atoms with Crippen LogP contribution in [-0.4, -0.2) is 59.7 Å². The molecule has 1 aliphatic rings. The van der Waals surface area contributed by atoms with Gasteiger partial charge < -0.3 is 9.64 Å². The fourth-order valence-corrected chi connectivity index (χ4v) is 4.55. The van der Waals surface area contributed by atoms with Crippen LogP contribution in [-0.2, 0) is 10.0 Å². The number of nitrogens with zero attached hydrogens (tertiary/aromatic N) is 2. The number of nitrogens with one attached hydrogen (secondary N) is 1. The Kier molecular flexibility index (Phi) is 6.82. The zero-order valence-corrected chi connectivity index (χ0v) is 17.8. The van der Waals surface area contributed by atoms with Crippen molar-refractivity contribution in [1.29, 1.82) is 0 Å². The summed E-state index contributed by atoms with van der Waals surface area (Å²) in [4.78, 5) is 4.85. The first-order valence-electron chi connectivity index (χ1n) is 9.26. The van der Waals surface area contributed by atoms with Crippen molar-refractivity contribution in [2.24, 2.45) is 0 Å². The molecule has 6 nitrogen and oxygen atoms in total. The molecule has 1 saturated heterocycles. The molecule has 1 aliphatic heterocycles. The lowest BCUT2D eigenvalue weighted by atomic mass is 10.2. The minimum absolute atomic E-state index is 0.262. The molecule has 2 aromatic rings. The summed E-state index contributed by atoms with van der Waals surface area (Å²) in [5, 5.41) is 0.738. The molecule has 1 N–H and O–H groups in total. The predicted molar refractivity (Wildman–Crippen MR) is 113 cm³/mol. The highest BCUT2D eigenvalue weighted by atomic mass is 35.5. The molecule has 3 rings (SSSR count). The summed E-state index contributed by atoms with van der Waals surface area (Å²) >= 11 is 5.95. The van der Waals surface area contributed by atoms with Crippen molar-refractivity contribution in [3.63, 3.8) is 0 Å². The topological polar surface area (TPSA) is 61.9 Å². The van der Waals surface area contributed by atoms with E-state index in [9.17, 15) is 8.42 Å². The van der Waals surface area contributed by atoms with Crippen molar-refractivity contribution >= 4 is 27.3 Å². The van der Waals surface area contributed by atoms with Crippen LogP contribution in [0.4, 0.5) is 5.69 Å². The Morgan fingerprint density at radius 2 is 1.75 bits per heavy atom. The van der Waals surface area contributed by atoms with E-state index in [0.717, 1.165) is 36.8 Å². The maximum atomic E-state index is 12.5. The summed E-state index contributed by atoms with van der Waals surface area (Å²) in [7, 11) is -1.95. The zero-order chi connectivity index (χ0) is 20.1. The highest BCUT2D eigenvalue weighted by molar-refractivity contribution is 7.89. The molecule has 1 fully saturated rings. The van der Waals surface area contributed by atoms with Gasteiger partial charge in [0.05, 0.1) is 12.0 Å². The van der Waals surface area contributed by atoms with Crippen LogP contribution >= 0.6 is 11.6 Å². The Morgan fingerprint density at radius 3 is 2.36 bits per heavy atom. The number of rotatable bonds is 7. The summed E-state index contributed by atoms with van der Waals surface area (Å²) in [6.07, 6.45) is 0. The van der Waals surface area contributed by atoms with Crippen molar-refractivity contribution in [2.45, 2.75) is 11.8 Å². The van der Waals surface area contributed by atoms with E-state index in [1.165, 1.54) is 5.69 Å². The Labute approximate surface area is 172 Å². The molecule has 0 aliphatic carbocycles. The van der Waals surface area contributed by atoms with E-state index >= 15 is 0 Å². The standard InChI is InChI=1S/C20H26ClN3O3S/c1-16-15-19(7-8-20(16)27-2)28(25,26)22-9-10-23-11-13-24(14-12-23)18-5-3-17(21)4-6-18/h3-8,15,22H,9-14H2,1-2H3. The smallest absolute Gasteiger partial charge is 0.240 e. The van der Waals surface area contributed by atoms with Crippen LogP contribution in [0, 0.1) is 6.92 Å². The van der Waals surface area contributed by atoms with E-state index < -0.39 is 10.0 Å². The van der Waals surface area contributed by atoms with Gasteiger partial charge in [0.25, 0.3) is 0 Å². The molecule has 0 bridgehead atoms. The molecule has 1 heterocycles. The van der Waals surface area contributed by atoms with Gasteiger partial charge in [-0.3, -0.25) is 4.90 Å². The summed E-state index contributed by atoms with van der Waals surface area (Å²) < 4.78 is 32.9. The van der Waals surface area contributed by atoms with Gasteiger partial charge in [0.2, 0.25) is 10.0 Å².